The first kappa shape index (κ1) is 17.8. The highest BCUT2D eigenvalue weighted by molar-refractivity contribution is 7.13. The standard InChI is InChI=1S/C18H18N2O5S/c1-19-13(18(21)22)10-12(16-6-5-7-26-16)20(19)11-8-14(23-2)17(25-4)15(9-11)24-3/h5-10H,1-4H3/p+1. The number of aromatic nitrogens is 2. The second-order valence-electron chi connectivity index (χ2n) is 5.42. The van der Waals surface area contributed by atoms with Crippen LogP contribution in [0, 0.1) is 0 Å². The molecule has 7 nitrogen and oxygen atoms in total. The van der Waals surface area contributed by atoms with E-state index in [1.807, 2.05) is 17.5 Å². The smallest absolute Gasteiger partial charge is 0.403 e. The number of methoxy groups -OCH3 is 3. The van der Waals surface area contributed by atoms with E-state index in [1.54, 1.807) is 48.8 Å². The van der Waals surface area contributed by atoms with E-state index in [2.05, 4.69) is 0 Å². The van der Waals surface area contributed by atoms with Crippen LogP contribution in [-0.2, 0) is 7.05 Å². The van der Waals surface area contributed by atoms with Gasteiger partial charge in [-0.25, -0.2) is 4.79 Å². The van der Waals surface area contributed by atoms with Crippen molar-refractivity contribution in [1.82, 2.24) is 4.68 Å². The predicted octanol–water partition coefficient (Wildman–Crippen LogP) is 2.75. The first-order valence-electron chi connectivity index (χ1n) is 7.71. The highest BCUT2D eigenvalue weighted by atomic mass is 32.1. The van der Waals surface area contributed by atoms with Crippen molar-refractivity contribution in [2.45, 2.75) is 0 Å². The number of nitrogens with zero attached hydrogens (tertiary/aromatic N) is 2. The van der Waals surface area contributed by atoms with Crippen molar-refractivity contribution in [1.29, 1.82) is 0 Å². The van der Waals surface area contributed by atoms with Crippen LogP contribution in [0.25, 0.3) is 16.3 Å². The fraction of sp³-hybridized carbons (Fsp3) is 0.222. The number of hydrogen-bond acceptors (Lipinski definition) is 5. The number of carboxylic acid groups (broad SMARTS) is 1. The number of aromatic carboxylic acids is 1. The summed E-state index contributed by atoms with van der Waals surface area (Å²) < 4.78 is 19.6. The van der Waals surface area contributed by atoms with Crippen LogP contribution in [-0.4, -0.2) is 37.1 Å². The highest BCUT2D eigenvalue weighted by Gasteiger charge is 2.29. The lowest BCUT2D eigenvalue weighted by Gasteiger charge is -2.14. The van der Waals surface area contributed by atoms with Gasteiger partial charge in [0.25, 0.3) is 0 Å². The Balaban J connectivity index is 2.31. The second kappa shape index (κ2) is 7.09. The van der Waals surface area contributed by atoms with Crippen molar-refractivity contribution in [2.75, 3.05) is 21.3 Å². The summed E-state index contributed by atoms with van der Waals surface area (Å²) in [6.45, 7) is 0. The summed E-state index contributed by atoms with van der Waals surface area (Å²) in [5, 5.41) is 11.5. The molecule has 0 atom stereocenters. The Hall–Kier alpha value is -3.00. The molecule has 1 N–H and O–H groups in total. The van der Waals surface area contributed by atoms with E-state index in [1.165, 1.54) is 18.4 Å². The minimum absolute atomic E-state index is 0.169. The Labute approximate surface area is 154 Å². The van der Waals surface area contributed by atoms with E-state index in [9.17, 15) is 9.90 Å². The molecule has 0 aliphatic heterocycles. The Bertz CT molecular complexity index is 922. The van der Waals surface area contributed by atoms with Gasteiger partial charge in [0.15, 0.2) is 18.5 Å². The molecule has 3 aromatic rings. The molecule has 136 valence electrons. The Morgan fingerprint density at radius 3 is 2.23 bits per heavy atom. The van der Waals surface area contributed by atoms with E-state index >= 15 is 0 Å². The maximum atomic E-state index is 11.6. The molecule has 0 radical (unpaired) electrons. The van der Waals surface area contributed by atoms with Crippen LogP contribution < -0.4 is 18.9 Å². The van der Waals surface area contributed by atoms with Crippen LogP contribution in [0.4, 0.5) is 0 Å². The molecule has 0 spiro atoms. The second-order valence-corrected chi connectivity index (χ2v) is 6.36. The number of carbonyl (C=O) groups is 1. The first-order valence-corrected chi connectivity index (χ1v) is 8.59. The van der Waals surface area contributed by atoms with Crippen molar-refractivity contribution in [3.05, 3.63) is 41.4 Å². The summed E-state index contributed by atoms with van der Waals surface area (Å²) in [7, 11) is 6.32. The lowest BCUT2D eigenvalue weighted by atomic mass is 10.2. The number of hydrogen-bond donors (Lipinski definition) is 1. The van der Waals surface area contributed by atoms with Gasteiger partial charge in [-0.15, -0.1) is 16.0 Å². The minimum Gasteiger partial charge on any atom is -0.493 e. The third-order valence-electron chi connectivity index (χ3n) is 4.04. The fourth-order valence-electron chi connectivity index (χ4n) is 2.86. The largest absolute Gasteiger partial charge is 0.493 e. The summed E-state index contributed by atoms with van der Waals surface area (Å²) in [6, 6.07) is 9.08. The molecule has 0 saturated carbocycles. The lowest BCUT2D eigenvalue weighted by molar-refractivity contribution is -0.745. The third-order valence-corrected chi connectivity index (χ3v) is 4.93. The molecule has 0 amide bonds. The number of ether oxygens (including phenoxy) is 3. The third kappa shape index (κ3) is 2.88. The van der Waals surface area contributed by atoms with Gasteiger partial charge in [0, 0.05) is 12.1 Å². The van der Waals surface area contributed by atoms with Crippen LogP contribution in [0.15, 0.2) is 35.7 Å². The molecule has 2 aromatic heterocycles. The van der Waals surface area contributed by atoms with Gasteiger partial charge in [0.2, 0.25) is 5.75 Å². The molecule has 8 heteroatoms. The number of thiophene rings is 1. The van der Waals surface area contributed by atoms with Crippen LogP contribution in [0.2, 0.25) is 0 Å². The highest BCUT2D eigenvalue weighted by Crippen LogP contribution is 2.40. The molecule has 26 heavy (non-hydrogen) atoms. The van der Waals surface area contributed by atoms with Crippen molar-refractivity contribution < 1.29 is 28.8 Å². The molecular weight excluding hydrogens is 356 g/mol. The molecule has 0 fully saturated rings. The summed E-state index contributed by atoms with van der Waals surface area (Å²) >= 11 is 1.53. The Morgan fingerprint density at radius 2 is 1.77 bits per heavy atom. The van der Waals surface area contributed by atoms with E-state index in [0.29, 0.717) is 22.9 Å². The zero-order valence-corrected chi connectivity index (χ0v) is 15.7. The summed E-state index contributed by atoms with van der Waals surface area (Å²) in [5.41, 5.74) is 1.62. The molecule has 2 heterocycles. The van der Waals surface area contributed by atoms with Crippen LogP contribution >= 0.6 is 11.3 Å². The fourth-order valence-corrected chi connectivity index (χ4v) is 3.58. The summed E-state index contributed by atoms with van der Waals surface area (Å²) in [6.07, 6.45) is 0. The van der Waals surface area contributed by atoms with Gasteiger partial charge >= 0.3 is 11.7 Å². The molecule has 1 aromatic carbocycles. The van der Waals surface area contributed by atoms with Crippen molar-refractivity contribution >= 4 is 17.3 Å². The monoisotopic (exact) mass is 375 g/mol. The van der Waals surface area contributed by atoms with E-state index in [0.717, 1.165) is 10.6 Å². The molecule has 0 saturated heterocycles. The van der Waals surface area contributed by atoms with Gasteiger partial charge in [-0.3, -0.25) is 0 Å². The average molecular weight is 375 g/mol. The van der Waals surface area contributed by atoms with Gasteiger partial charge in [0.1, 0.15) is 11.4 Å². The molecule has 0 aliphatic rings. The van der Waals surface area contributed by atoms with Crippen LogP contribution in [0.1, 0.15) is 10.5 Å². The van der Waals surface area contributed by atoms with Crippen molar-refractivity contribution in [3.63, 3.8) is 0 Å². The molecular formula is C18H19N2O5S+. The molecule has 0 bridgehead atoms. The SMILES string of the molecule is COc1cc(-n2c(-c3cccs3)cc(C(=O)O)[n+]2C)cc(OC)c1OC. The van der Waals surface area contributed by atoms with Gasteiger partial charge in [-0.1, -0.05) is 10.7 Å². The van der Waals surface area contributed by atoms with Crippen molar-refractivity contribution in [3.8, 4) is 33.5 Å². The van der Waals surface area contributed by atoms with Crippen LogP contribution in [0.5, 0.6) is 17.2 Å². The lowest BCUT2D eigenvalue weighted by Crippen LogP contribution is -2.43. The predicted molar refractivity (Wildman–Crippen MR) is 96.9 cm³/mol. The zero-order valence-electron chi connectivity index (χ0n) is 14.8. The molecule has 0 unspecified atom stereocenters. The van der Waals surface area contributed by atoms with Gasteiger partial charge in [-0.2, -0.15) is 0 Å². The van der Waals surface area contributed by atoms with E-state index < -0.39 is 5.97 Å². The Morgan fingerprint density at radius 1 is 1.12 bits per heavy atom. The summed E-state index contributed by atoms with van der Waals surface area (Å²) in [5.74, 6) is 0.454. The van der Waals surface area contributed by atoms with E-state index in [4.69, 9.17) is 14.2 Å². The Kier molecular flexibility index (Phi) is 4.85. The maximum Gasteiger partial charge on any atom is 0.403 e. The van der Waals surface area contributed by atoms with Crippen molar-refractivity contribution in [2.24, 2.45) is 7.05 Å². The van der Waals surface area contributed by atoms with Gasteiger partial charge in [-0.05, 0) is 11.4 Å². The minimum atomic E-state index is -1.00. The van der Waals surface area contributed by atoms with Crippen LogP contribution in [0.3, 0.4) is 0 Å². The van der Waals surface area contributed by atoms with Gasteiger partial charge < -0.3 is 19.3 Å². The number of rotatable bonds is 6. The number of benzene rings is 1. The van der Waals surface area contributed by atoms with Gasteiger partial charge in [0.05, 0.1) is 32.3 Å². The quantitative estimate of drug-likeness (QED) is 0.671. The normalized spacial score (nSPS) is 10.6. The molecule has 0 aliphatic carbocycles. The topological polar surface area (TPSA) is 73.8 Å². The first-order chi connectivity index (χ1) is 12.5. The molecule has 3 rings (SSSR count). The average Bonchev–Trinajstić information content (AvgIpc) is 3.27. The summed E-state index contributed by atoms with van der Waals surface area (Å²) in [4.78, 5) is 12.6. The van der Waals surface area contributed by atoms with E-state index in [-0.39, 0.29) is 5.69 Å². The maximum absolute atomic E-state index is 11.6. The zero-order chi connectivity index (χ0) is 18.8. The number of carboxylic acids is 1.